The monoisotopic (exact) mass is 475 g/mol. The lowest BCUT2D eigenvalue weighted by molar-refractivity contribution is -0.202. The second-order valence-electron chi connectivity index (χ2n) is 7.10. The number of phenolic OH excluding ortho intramolecular Hbond substituents is 1. The van der Waals surface area contributed by atoms with E-state index in [1.165, 1.54) is 30.3 Å². The number of aromatic hydroxyl groups is 1. The first kappa shape index (κ1) is 24.1. The number of amides is 1. The zero-order valence-electron chi connectivity index (χ0n) is 16.6. The summed E-state index contributed by atoms with van der Waals surface area (Å²) in [6, 6.07) is 7.36. The lowest BCUT2D eigenvalue weighted by Gasteiger charge is -2.32. The SMILES string of the molecule is CC(=O)Oc1cc2c(c(C=O)c1O)C(F)C(F)N(C(=O)C(F)(F)F)C(F)C2c1ccccc1. The van der Waals surface area contributed by atoms with Crippen LogP contribution in [0.5, 0.6) is 11.5 Å². The molecule has 1 N–H and O–H groups in total. The van der Waals surface area contributed by atoms with Crippen molar-refractivity contribution in [3.63, 3.8) is 0 Å². The summed E-state index contributed by atoms with van der Waals surface area (Å²) in [6.45, 7) is 0.914. The quantitative estimate of drug-likeness (QED) is 0.236. The van der Waals surface area contributed by atoms with Gasteiger partial charge in [0.1, 0.15) is 0 Å². The maximum atomic E-state index is 15.6. The van der Waals surface area contributed by atoms with Crippen molar-refractivity contribution in [3.8, 4) is 11.5 Å². The van der Waals surface area contributed by atoms with Crippen molar-refractivity contribution in [2.45, 2.75) is 37.8 Å². The summed E-state index contributed by atoms with van der Waals surface area (Å²) in [6.07, 6.45) is -15.6. The van der Waals surface area contributed by atoms with Crippen molar-refractivity contribution in [2.75, 3.05) is 0 Å². The normalized spacial score (nSPS) is 22.8. The number of phenols is 1. The number of hydrogen-bond donors (Lipinski definition) is 1. The third kappa shape index (κ3) is 4.24. The smallest absolute Gasteiger partial charge is 0.471 e. The number of fused-ring (bicyclic) bond motifs is 1. The second-order valence-corrected chi connectivity index (χ2v) is 7.10. The van der Waals surface area contributed by atoms with E-state index in [1.54, 1.807) is 0 Å². The van der Waals surface area contributed by atoms with Gasteiger partial charge in [0, 0.05) is 12.5 Å². The zero-order valence-corrected chi connectivity index (χ0v) is 16.6. The fourth-order valence-electron chi connectivity index (χ4n) is 3.71. The molecule has 4 atom stereocenters. The van der Waals surface area contributed by atoms with Crippen LogP contribution in [-0.2, 0) is 9.59 Å². The average Bonchev–Trinajstić information content (AvgIpc) is 2.81. The Morgan fingerprint density at radius 2 is 1.70 bits per heavy atom. The molecule has 1 amide bonds. The Morgan fingerprint density at radius 3 is 2.21 bits per heavy atom. The average molecular weight is 475 g/mol. The Balaban J connectivity index is 2.39. The third-order valence-corrected chi connectivity index (χ3v) is 5.04. The first-order valence-electron chi connectivity index (χ1n) is 9.30. The number of nitrogens with zero attached hydrogens (tertiary/aromatic N) is 1. The van der Waals surface area contributed by atoms with E-state index in [4.69, 9.17) is 4.74 Å². The number of benzene rings is 2. The number of rotatable bonds is 3. The number of aldehydes is 1. The molecule has 33 heavy (non-hydrogen) atoms. The van der Waals surface area contributed by atoms with Gasteiger partial charge in [0.15, 0.2) is 30.3 Å². The minimum absolute atomic E-state index is 0.108. The van der Waals surface area contributed by atoms with Crippen molar-refractivity contribution in [1.82, 2.24) is 4.90 Å². The van der Waals surface area contributed by atoms with E-state index in [0.717, 1.165) is 13.0 Å². The van der Waals surface area contributed by atoms with Gasteiger partial charge < -0.3 is 9.84 Å². The van der Waals surface area contributed by atoms with Crippen LogP contribution in [0.3, 0.4) is 0 Å². The Morgan fingerprint density at radius 1 is 1.09 bits per heavy atom. The Labute approximate surface area is 182 Å². The van der Waals surface area contributed by atoms with E-state index in [-0.39, 0.29) is 11.8 Å². The van der Waals surface area contributed by atoms with E-state index in [0.29, 0.717) is 0 Å². The van der Waals surface area contributed by atoms with Gasteiger partial charge in [0.05, 0.1) is 11.5 Å². The molecule has 0 saturated carbocycles. The van der Waals surface area contributed by atoms with E-state index in [9.17, 15) is 37.1 Å². The van der Waals surface area contributed by atoms with Crippen LogP contribution in [0.2, 0.25) is 0 Å². The van der Waals surface area contributed by atoms with Crippen LogP contribution in [0.25, 0.3) is 0 Å². The molecule has 0 saturated heterocycles. The number of hydrogen-bond acceptors (Lipinski definition) is 5. The number of ether oxygens (including phenoxy) is 1. The van der Waals surface area contributed by atoms with E-state index in [1.807, 2.05) is 0 Å². The molecule has 0 aromatic heterocycles. The summed E-state index contributed by atoms with van der Waals surface area (Å²) in [7, 11) is 0. The maximum absolute atomic E-state index is 15.6. The first-order chi connectivity index (χ1) is 15.4. The van der Waals surface area contributed by atoms with Crippen LogP contribution in [-0.4, -0.2) is 46.9 Å². The van der Waals surface area contributed by atoms with Crippen LogP contribution in [0.4, 0.5) is 26.3 Å². The van der Waals surface area contributed by atoms with Gasteiger partial charge in [0.25, 0.3) is 0 Å². The molecule has 0 aliphatic carbocycles. The summed E-state index contributed by atoms with van der Waals surface area (Å²) in [4.78, 5) is 34.0. The van der Waals surface area contributed by atoms with E-state index < -0.39 is 75.8 Å². The van der Waals surface area contributed by atoms with Gasteiger partial charge in [-0.3, -0.25) is 19.3 Å². The largest absolute Gasteiger partial charge is 0.504 e. The standard InChI is InChI=1S/C21H15F6NO5/c1-9(30)33-13-7-11-14(10-5-3-2-4-6-10)18(23)28(20(32)21(25,26)27)19(24)16(22)15(11)12(8-29)17(13)31/h2-8,14,16,18-19,31H,1H3. The Bertz CT molecular complexity index is 1090. The van der Waals surface area contributed by atoms with Gasteiger partial charge in [-0.25, -0.2) is 13.2 Å². The minimum Gasteiger partial charge on any atom is -0.504 e. The summed E-state index contributed by atoms with van der Waals surface area (Å²) >= 11 is 0. The molecule has 1 aliphatic rings. The van der Waals surface area contributed by atoms with Crippen LogP contribution in [0, 0.1) is 0 Å². The molecular formula is C21H15F6NO5. The molecule has 4 unspecified atom stereocenters. The summed E-state index contributed by atoms with van der Waals surface area (Å²) in [5.41, 5.74) is -2.63. The Kier molecular flexibility index (Phi) is 6.39. The van der Waals surface area contributed by atoms with E-state index >= 15 is 8.78 Å². The molecule has 0 spiro atoms. The van der Waals surface area contributed by atoms with Gasteiger partial charge in [-0.2, -0.15) is 13.2 Å². The minimum atomic E-state index is -5.75. The molecule has 1 aliphatic heterocycles. The predicted octanol–water partition coefficient (Wildman–Crippen LogP) is 4.27. The van der Waals surface area contributed by atoms with Crippen LogP contribution < -0.4 is 4.74 Å². The fraction of sp³-hybridized carbons (Fsp3) is 0.286. The maximum Gasteiger partial charge on any atom is 0.471 e. The highest BCUT2D eigenvalue weighted by molar-refractivity contribution is 5.87. The molecule has 0 radical (unpaired) electrons. The molecule has 3 rings (SSSR count). The third-order valence-electron chi connectivity index (χ3n) is 5.04. The van der Waals surface area contributed by atoms with Crippen molar-refractivity contribution in [1.29, 1.82) is 0 Å². The van der Waals surface area contributed by atoms with E-state index in [2.05, 4.69) is 0 Å². The Hall–Kier alpha value is -3.57. The topological polar surface area (TPSA) is 83.9 Å². The number of esters is 1. The summed E-state index contributed by atoms with van der Waals surface area (Å²) < 4.78 is 89.9. The van der Waals surface area contributed by atoms with Crippen molar-refractivity contribution >= 4 is 18.2 Å². The molecule has 0 fully saturated rings. The van der Waals surface area contributed by atoms with Crippen molar-refractivity contribution in [2.24, 2.45) is 0 Å². The van der Waals surface area contributed by atoms with Gasteiger partial charge in [-0.05, 0) is 17.2 Å². The van der Waals surface area contributed by atoms with Gasteiger partial charge in [0.2, 0.25) is 6.30 Å². The highest BCUT2D eigenvalue weighted by Crippen LogP contribution is 2.49. The lowest BCUT2D eigenvalue weighted by atomic mass is 9.84. The number of carbonyl (C=O) groups excluding carboxylic acids is 3. The number of carbonyl (C=O) groups is 3. The molecule has 1 heterocycles. The predicted molar refractivity (Wildman–Crippen MR) is 99.6 cm³/mol. The highest BCUT2D eigenvalue weighted by Gasteiger charge is 2.54. The first-order valence-corrected chi connectivity index (χ1v) is 9.30. The number of halogens is 6. The lowest BCUT2D eigenvalue weighted by Crippen LogP contribution is -2.51. The van der Waals surface area contributed by atoms with Crippen LogP contribution >= 0.6 is 0 Å². The molecular weight excluding hydrogens is 460 g/mol. The second kappa shape index (κ2) is 8.75. The van der Waals surface area contributed by atoms with Crippen molar-refractivity contribution in [3.05, 3.63) is 58.7 Å². The van der Waals surface area contributed by atoms with Crippen LogP contribution in [0.1, 0.15) is 46.1 Å². The molecule has 176 valence electrons. The summed E-state index contributed by atoms with van der Waals surface area (Å²) in [5, 5.41) is 10.3. The van der Waals surface area contributed by atoms with Crippen LogP contribution in [0.15, 0.2) is 36.4 Å². The molecule has 6 nitrogen and oxygen atoms in total. The zero-order chi connectivity index (χ0) is 24.7. The van der Waals surface area contributed by atoms with Crippen molar-refractivity contribution < 1.29 is 50.6 Å². The fourth-order valence-corrected chi connectivity index (χ4v) is 3.71. The highest BCUT2D eigenvalue weighted by atomic mass is 19.4. The van der Waals surface area contributed by atoms with Gasteiger partial charge in [-0.1, -0.05) is 30.3 Å². The van der Waals surface area contributed by atoms with Gasteiger partial charge in [-0.15, -0.1) is 0 Å². The molecule has 2 aromatic carbocycles. The molecule has 12 heteroatoms. The molecule has 0 bridgehead atoms. The molecule has 2 aromatic rings. The summed E-state index contributed by atoms with van der Waals surface area (Å²) in [5.74, 6) is -7.75. The van der Waals surface area contributed by atoms with Gasteiger partial charge >= 0.3 is 18.1 Å². The number of alkyl halides is 6.